The largest absolute Gasteiger partial charge is 0.465 e. The Morgan fingerprint density at radius 2 is 1.92 bits per heavy atom. The van der Waals surface area contributed by atoms with E-state index in [1.807, 2.05) is 11.6 Å². The van der Waals surface area contributed by atoms with Gasteiger partial charge in [0.05, 0.1) is 35.6 Å². The smallest absolute Gasteiger partial charge is 0.339 e. The highest BCUT2D eigenvalue weighted by Gasteiger charge is 2.19. The number of nitrogens with one attached hydrogen (secondary N) is 1. The first-order valence-corrected chi connectivity index (χ1v) is 8.02. The van der Waals surface area contributed by atoms with Crippen LogP contribution in [0.15, 0.2) is 18.3 Å². The lowest BCUT2D eigenvalue weighted by Crippen LogP contribution is -2.22. The van der Waals surface area contributed by atoms with E-state index in [1.165, 1.54) is 7.11 Å². The molecule has 0 aliphatic rings. The zero-order chi connectivity index (χ0) is 18.1. The fraction of sp³-hybridized carbons (Fsp3) is 0.500. The summed E-state index contributed by atoms with van der Waals surface area (Å²) in [4.78, 5) is 16.1. The lowest BCUT2D eigenvalue weighted by Gasteiger charge is -2.19. The van der Waals surface area contributed by atoms with E-state index >= 15 is 0 Å². The summed E-state index contributed by atoms with van der Waals surface area (Å²) in [6.07, 6.45) is 2.07. The molecule has 2 heterocycles. The third-order valence-electron chi connectivity index (χ3n) is 3.95. The molecule has 130 valence electrons. The van der Waals surface area contributed by atoms with Crippen LogP contribution in [0.25, 0.3) is 0 Å². The molecule has 24 heavy (non-hydrogen) atoms. The van der Waals surface area contributed by atoms with E-state index < -0.39 is 0 Å². The Hall–Kier alpha value is -2.37. The van der Waals surface area contributed by atoms with Crippen molar-refractivity contribution in [1.82, 2.24) is 14.8 Å². The normalized spacial score (nSPS) is 12.8. The van der Waals surface area contributed by atoms with Crippen molar-refractivity contribution in [2.45, 2.75) is 53.1 Å². The summed E-state index contributed by atoms with van der Waals surface area (Å²) < 4.78 is 6.73. The Morgan fingerprint density at radius 1 is 1.25 bits per heavy atom. The second-order valence-corrected chi connectivity index (χ2v) is 6.97. The highest BCUT2D eigenvalue weighted by Crippen LogP contribution is 2.24. The number of ether oxygens (including phenoxy) is 1. The predicted octanol–water partition coefficient (Wildman–Crippen LogP) is 3.61. The number of aryl methyl sites for hydroxylation is 2. The molecule has 0 saturated carbocycles. The molecule has 0 spiro atoms. The van der Waals surface area contributed by atoms with Crippen molar-refractivity contribution in [3.63, 3.8) is 0 Å². The van der Waals surface area contributed by atoms with Crippen LogP contribution in [0.4, 0.5) is 5.82 Å². The molecule has 0 bridgehead atoms. The molecule has 0 fully saturated rings. The molecule has 0 amide bonds. The zero-order valence-corrected chi connectivity index (χ0v) is 15.5. The van der Waals surface area contributed by atoms with Crippen molar-refractivity contribution in [3.8, 4) is 0 Å². The summed E-state index contributed by atoms with van der Waals surface area (Å²) >= 11 is 0. The fourth-order valence-corrected chi connectivity index (χ4v) is 2.51. The maximum Gasteiger partial charge on any atom is 0.339 e. The van der Waals surface area contributed by atoms with Gasteiger partial charge in [0.25, 0.3) is 0 Å². The van der Waals surface area contributed by atoms with Crippen LogP contribution < -0.4 is 5.32 Å². The van der Waals surface area contributed by atoms with Crippen molar-refractivity contribution in [1.29, 1.82) is 0 Å². The minimum Gasteiger partial charge on any atom is -0.465 e. The number of anilines is 1. The molecule has 0 radical (unpaired) electrons. The Morgan fingerprint density at radius 3 is 2.42 bits per heavy atom. The Balaban J connectivity index is 2.21. The molecule has 2 rings (SSSR count). The van der Waals surface area contributed by atoms with Gasteiger partial charge in [-0.3, -0.25) is 4.68 Å². The molecular weight excluding hydrogens is 304 g/mol. The van der Waals surface area contributed by atoms with Gasteiger partial charge in [-0.25, -0.2) is 9.78 Å². The van der Waals surface area contributed by atoms with Crippen molar-refractivity contribution < 1.29 is 9.53 Å². The van der Waals surface area contributed by atoms with E-state index in [-0.39, 0.29) is 17.6 Å². The number of nitrogens with zero attached hydrogens (tertiary/aromatic N) is 3. The molecule has 0 aliphatic heterocycles. The van der Waals surface area contributed by atoms with Crippen LogP contribution in [-0.2, 0) is 10.3 Å². The Kier molecular flexibility index (Phi) is 4.96. The molecule has 0 aliphatic carbocycles. The van der Waals surface area contributed by atoms with Gasteiger partial charge in [-0.15, -0.1) is 0 Å². The average molecular weight is 330 g/mol. The number of hydrogen-bond donors (Lipinski definition) is 1. The molecule has 1 atom stereocenters. The number of hydrogen-bond acceptors (Lipinski definition) is 5. The predicted molar refractivity (Wildman–Crippen MR) is 94.3 cm³/mol. The minimum absolute atomic E-state index is 0.0528. The van der Waals surface area contributed by atoms with Crippen LogP contribution in [0, 0.1) is 13.8 Å². The van der Waals surface area contributed by atoms with Crippen molar-refractivity contribution in [2.75, 3.05) is 12.4 Å². The summed E-state index contributed by atoms with van der Waals surface area (Å²) in [5.74, 6) is 0.345. The van der Waals surface area contributed by atoms with E-state index in [2.05, 4.69) is 49.3 Å². The molecule has 1 unspecified atom stereocenters. The summed E-state index contributed by atoms with van der Waals surface area (Å²) in [5.41, 5.74) is 3.18. The zero-order valence-electron chi connectivity index (χ0n) is 15.5. The molecule has 1 N–H and O–H groups in total. The second kappa shape index (κ2) is 6.63. The van der Waals surface area contributed by atoms with E-state index in [0.717, 1.165) is 17.1 Å². The fourth-order valence-electron chi connectivity index (χ4n) is 2.51. The first kappa shape index (κ1) is 18.0. The lowest BCUT2D eigenvalue weighted by atomic mass is 10.1. The van der Waals surface area contributed by atoms with Gasteiger partial charge < -0.3 is 10.1 Å². The number of methoxy groups -OCH3 is 1. The average Bonchev–Trinajstić information content (AvgIpc) is 2.89. The molecule has 0 saturated heterocycles. The van der Waals surface area contributed by atoms with Gasteiger partial charge in [-0.2, -0.15) is 5.10 Å². The van der Waals surface area contributed by atoms with E-state index in [1.54, 1.807) is 19.1 Å². The minimum atomic E-state index is -0.373. The number of carbonyl (C=O) groups excluding carboxylic acids is 1. The van der Waals surface area contributed by atoms with Gasteiger partial charge in [0.15, 0.2) is 0 Å². The maximum atomic E-state index is 11.6. The van der Waals surface area contributed by atoms with Crippen LogP contribution in [0.3, 0.4) is 0 Å². The SMILES string of the molecule is COC(=O)c1ccc(NC(C)c2cn(C(C)(C)C)nc2C)nc1C. The highest BCUT2D eigenvalue weighted by molar-refractivity contribution is 5.90. The molecule has 0 aromatic carbocycles. The monoisotopic (exact) mass is 330 g/mol. The lowest BCUT2D eigenvalue weighted by molar-refractivity contribution is 0.0599. The Bertz CT molecular complexity index is 744. The highest BCUT2D eigenvalue weighted by atomic mass is 16.5. The van der Waals surface area contributed by atoms with Crippen LogP contribution >= 0.6 is 0 Å². The van der Waals surface area contributed by atoms with Crippen LogP contribution in [0.1, 0.15) is 61.0 Å². The number of esters is 1. The van der Waals surface area contributed by atoms with Gasteiger partial charge in [-0.1, -0.05) is 0 Å². The van der Waals surface area contributed by atoms with E-state index in [4.69, 9.17) is 4.74 Å². The molecule has 6 heteroatoms. The van der Waals surface area contributed by atoms with E-state index in [9.17, 15) is 4.79 Å². The molecule has 2 aromatic rings. The topological polar surface area (TPSA) is 69.0 Å². The van der Waals surface area contributed by atoms with Crippen molar-refractivity contribution >= 4 is 11.8 Å². The van der Waals surface area contributed by atoms with E-state index in [0.29, 0.717) is 11.3 Å². The number of carbonyl (C=O) groups is 1. The quantitative estimate of drug-likeness (QED) is 0.867. The van der Waals surface area contributed by atoms with Gasteiger partial charge in [0.2, 0.25) is 0 Å². The summed E-state index contributed by atoms with van der Waals surface area (Å²) in [6, 6.07) is 3.57. The van der Waals surface area contributed by atoms with Crippen LogP contribution in [0.5, 0.6) is 0 Å². The first-order chi connectivity index (χ1) is 11.1. The second-order valence-electron chi connectivity index (χ2n) is 6.97. The maximum absolute atomic E-state index is 11.6. The van der Waals surface area contributed by atoms with Gasteiger partial charge in [0, 0.05) is 11.8 Å². The standard InChI is InChI=1S/C18H26N4O2/c1-11-14(17(23)24-7)8-9-16(19-11)20-12(2)15-10-22(18(4,5)6)21-13(15)3/h8-10,12H,1-7H3,(H,19,20). The summed E-state index contributed by atoms with van der Waals surface area (Å²) in [7, 11) is 1.37. The third kappa shape index (κ3) is 3.75. The summed E-state index contributed by atoms with van der Waals surface area (Å²) in [6.45, 7) is 12.2. The van der Waals surface area contributed by atoms with Crippen molar-refractivity contribution in [3.05, 3.63) is 40.8 Å². The first-order valence-electron chi connectivity index (χ1n) is 8.02. The number of aromatic nitrogens is 3. The van der Waals surface area contributed by atoms with Crippen molar-refractivity contribution in [2.24, 2.45) is 0 Å². The third-order valence-corrected chi connectivity index (χ3v) is 3.95. The summed E-state index contributed by atoms with van der Waals surface area (Å²) in [5, 5.41) is 7.98. The Labute approximate surface area is 143 Å². The molecular formula is C18H26N4O2. The van der Waals surface area contributed by atoms with Gasteiger partial charge in [-0.05, 0) is 53.7 Å². The van der Waals surface area contributed by atoms with Gasteiger partial charge in [0.1, 0.15) is 5.82 Å². The van der Waals surface area contributed by atoms with Gasteiger partial charge >= 0.3 is 5.97 Å². The van der Waals surface area contributed by atoms with Crippen LogP contribution in [0.2, 0.25) is 0 Å². The molecule has 2 aromatic heterocycles. The molecule has 6 nitrogen and oxygen atoms in total. The number of pyridine rings is 1. The number of rotatable bonds is 4. The van der Waals surface area contributed by atoms with Crippen LogP contribution in [-0.4, -0.2) is 27.8 Å².